The lowest BCUT2D eigenvalue weighted by atomic mass is 9.95. The molecule has 0 aliphatic rings. The van der Waals surface area contributed by atoms with Crippen LogP contribution < -0.4 is 10.1 Å². The van der Waals surface area contributed by atoms with E-state index in [1.807, 2.05) is 19.9 Å². The highest BCUT2D eigenvalue weighted by Crippen LogP contribution is 2.28. The van der Waals surface area contributed by atoms with E-state index in [0.717, 1.165) is 17.7 Å². The first kappa shape index (κ1) is 14.5. The van der Waals surface area contributed by atoms with Crippen molar-refractivity contribution in [1.29, 1.82) is 0 Å². The van der Waals surface area contributed by atoms with Gasteiger partial charge in [0.2, 0.25) is 0 Å². The fraction of sp³-hybridized carbons (Fsp3) is 0.312. The van der Waals surface area contributed by atoms with Crippen molar-refractivity contribution < 1.29 is 9.13 Å². The van der Waals surface area contributed by atoms with Gasteiger partial charge in [-0.2, -0.15) is 0 Å². The maximum atomic E-state index is 14.3. The number of nitrogens with zero attached hydrogens (tertiary/aromatic N) is 1. The number of halogens is 1. The molecule has 1 unspecified atom stereocenters. The van der Waals surface area contributed by atoms with Crippen LogP contribution in [0.2, 0.25) is 0 Å². The summed E-state index contributed by atoms with van der Waals surface area (Å²) in [6.07, 6.45) is 3.52. The average Bonchev–Trinajstić information content (AvgIpc) is 2.46. The Hall–Kier alpha value is -1.94. The van der Waals surface area contributed by atoms with Crippen molar-refractivity contribution in [3.8, 4) is 5.75 Å². The van der Waals surface area contributed by atoms with Gasteiger partial charge < -0.3 is 10.1 Å². The monoisotopic (exact) mass is 274 g/mol. The number of pyridine rings is 1. The fourth-order valence-corrected chi connectivity index (χ4v) is 2.27. The lowest BCUT2D eigenvalue weighted by molar-refractivity contribution is 0.410. The Balaban J connectivity index is 2.46. The minimum Gasteiger partial charge on any atom is -0.497 e. The maximum absolute atomic E-state index is 14.3. The molecule has 2 rings (SSSR count). The summed E-state index contributed by atoms with van der Waals surface area (Å²) in [5.74, 6) is 0.250. The zero-order valence-corrected chi connectivity index (χ0v) is 12.0. The van der Waals surface area contributed by atoms with Gasteiger partial charge in [-0.1, -0.05) is 13.0 Å². The molecule has 0 saturated carbocycles. The summed E-state index contributed by atoms with van der Waals surface area (Å²) >= 11 is 0. The van der Waals surface area contributed by atoms with Crippen molar-refractivity contribution in [3.63, 3.8) is 0 Å². The number of nitrogens with one attached hydrogen (secondary N) is 1. The summed E-state index contributed by atoms with van der Waals surface area (Å²) in [5.41, 5.74) is 2.68. The summed E-state index contributed by atoms with van der Waals surface area (Å²) in [7, 11) is 1.53. The van der Waals surface area contributed by atoms with E-state index in [-0.39, 0.29) is 11.9 Å². The molecule has 1 heterocycles. The molecule has 2 aromatic rings. The van der Waals surface area contributed by atoms with Crippen LogP contribution in [0.15, 0.2) is 36.7 Å². The highest BCUT2D eigenvalue weighted by atomic mass is 19.1. The second kappa shape index (κ2) is 6.48. The zero-order valence-electron chi connectivity index (χ0n) is 12.0. The number of hydrogen-bond donors (Lipinski definition) is 1. The predicted molar refractivity (Wildman–Crippen MR) is 77.4 cm³/mol. The molecule has 1 N–H and O–H groups in total. The molecule has 0 spiro atoms. The first-order valence-corrected chi connectivity index (χ1v) is 6.64. The van der Waals surface area contributed by atoms with Crippen LogP contribution in [0.4, 0.5) is 4.39 Å². The van der Waals surface area contributed by atoms with Crippen LogP contribution in [0.5, 0.6) is 5.75 Å². The molecule has 4 heteroatoms. The van der Waals surface area contributed by atoms with Crippen molar-refractivity contribution in [2.75, 3.05) is 13.7 Å². The number of hydrogen-bond acceptors (Lipinski definition) is 3. The SMILES string of the molecule is CCNC(c1ccncc1C)c1ccc(OC)cc1F. The molecule has 1 aromatic heterocycles. The molecule has 1 aromatic carbocycles. The Morgan fingerprint density at radius 1 is 1.30 bits per heavy atom. The Bertz CT molecular complexity index is 586. The molecule has 0 bridgehead atoms. The maximum Gasteiger partial charge on any atom is 0.132 e. The van der Waals surface area contributed by atoms with Gasteiger partial charge in [0.05, 0.1) is 13.2 Å². The highest BCUT2D eigenvalue weighted by molar-refractivity contribution is 5.38. The molecule has 106 valence electrons. The predicted octanol–water partition coefficient (Wildman–Crippen LogP) is 3.24. The molecule has 0 amide bonds. The Morgan fingerprint density at radius 2 is 2.10 bits per heavy atom. The van der Waals surface area contributed by atoms with Gasteiger partial charge in [0, 0.05) is 24.0 Å². The van der Waals surface area contributed by atoms with Crippen LogP contribution in [-0.4, -0.2) is 18.6 Å². The lowest BCUT2D eigenvalue weighted by Crippen LogP contribution is -2.23. The second-order valence-electron chi connectivity index (χ2n) is 4.61. The van der Waals surface area contributed by atoms with E-state index in [9.17, 15) is 4.39 Å². The molecule has 0 saturated heterocycles. The minimum absolute atomic E-state index is 0.186. The van der Waals surface area contributed by atoms with E-state index in [1.165, 1.54) is 13.2 Å². The van der Waals surface area contributed by atoms with E-state index in [2.05, 4.69) is 10.3 Å². The summed E-state index contributed by atoms with van der Waals surface area (Å²) in [4.78, 5) is 4.09. The zero-order chi connectivity index (χ0) is 14.5. The third kappa shape index (κ3) is 2.96. The first-order chi connectivity index (χ1) is 9.67. The van der Waals surface area contributed by atoms with Gasteiger partial charge in [-0.3, -0.25) is 4.98 Å². The molecular weight excluding hydrogens is 255 g/mol. The van der Waals surface area contributed by atoms with E-state index in [1.54, 1.807) is 24.5 Å². The van der Waals surface area contributed by atoms with Crippen LogP contribution in [-0.2, 0) is 0 Å². The molecule has 0 aliphatic heterocycles. The second-order valence-corrected chi connectivity index (χ2v) is 4.61. The van der Waals surface area contributed by atoms with Gasteiger partial charge in [0.25, 0.3) is 0 Å². The molecule has 20 heavy (non-hydrogen) atoms. The minimum atomic E-state index is -0.272. The van der Waals surface area contributed by atoms with Gasteiger partial charge >= 0.3 is 0 Å². The normalized spacial score (nSPS) is 12.2. The third-order valence-corrected chi connectivity index (χ3v) is 3.30. The van der Waals surface area contributed by atoms with Crippen molar-refractivity contribution in [2.24, 2.45) is 0 Å². The van der Waals surface area contributed by atoms with Crippen LogP contribution in [0.3, 0.4) is 0 Å². The fourth-order valence-electron chi connectivity index (χ4n) is 2.27. The van der Waals surface area contributed by atoms with E-state index >= 15 is 0 Å². The van der Waals surface area contributed by atoms with Crippen LogP contribution >= 0.6 is 0 Å². The van der Waals surface area contributed by atoms with E-state index in [4.69, 9.17) is 4.74 Å². The Morgan fingerprint density at radius 3 is 2.70 bits per heavy atom. The molecule has 0 radical (unpaired) electrons. The van der Waals surface area contributed by atoms with E-state index in [0.29, 0.717) is 11.3 Å². The topological polar surface area (TPSA) is 34.2 Å². The molecule has 1 atom stereocenters. The Labute approximate surface area is 118 Å². The van der Waals surface area contributed by atoms with Gasteiger partial charge in [0.1, 0.15) is 11.6 Å². The molecular formula is C16H19FN2O. The molecule has 3 nitrogen and oxygen atoms in total. The highest BCUT2D eigenvalue weighted by Gasteiger charge is 2.19. The Kier molecular flexibility index (Phi) is 4.69. The van der Waals surface area contributed by atoms with Crippen LogP contribution in [0.25, 0.3) is 0 Å². The quantitative estimate of drug-likeness (QED) is 0.909. The number of methoxy groups -OCH3 is 1. The summed E-state index contributed by atoms with van der Waals surface area (Å²) in [6, 6.07) is 6.69. The molecule has 0 aliphatic carbocycles. The van der Waals surface area contributed by atoms with Gasteiger partial charge in [-0.15, -0.1) is 0 Å². The van der Waals surface area contributed by atoms with Crippen molar-refractivity contribution in [2.45, 2.75) is 19.9 Å². The lowest BCUT2D eigenvalue weighted by Gasteiger charge is -2.21. The summed E-state index contributed by atoms with van der Waals surface area (Å²) in [6.45, 7) is 4.73. The summed E-state index contributed by atoms with van der Waals surface area (Å²) < 4.78 is 19.3. The van der Waals surface area contributed by atoms with Crippen LogP contribution in [0.1, 0.15) is 29.7 Å². The van der Waals surface area contributed by atoms with Gasteiger partial charge in [-0.05, 0) is 36.7 Å². The van der Waals surface area contributed by atoms with Crippen LogP contribution in [0, 0.1) is 12.7 Å². The number of aromatic nitrogens is 1. The van der Waals surface area contributed by atoms with Crippen molar-refractivity contribution in [1.82, 2.24) is 10.3 Å². The number of ether oxygens (including phenoxy) is 1. The standard InChI is InChI=1S/C16H19FN2O/c1-4-19-16(13-7-8-18-10-11(13)2)14-6-5-12(20-3)9-15(14)17/h5-10,16,19H,4H2,1-3H3. The van der Waals surface area contributed by atoms with Gasteiger partial charge in [-0.25, -0.2) is 4.39 Å². The van der Waals surface area contributed by atoms with Gasteiger partial charge in [0.15, 0.2) is 0 Å². The van der Waals surface area contributed by atoms with Crippen molar-refractivity contribution >= 4 is 0 Å². The number of benzene rings is 1. The van der Waals surface area contributed by atoms with Crippen molar-refractivity contribution in [3.05, 3.63) is 59.2 Å². The molecule has 0 fully saturated rings. The number of aryl methyl sites for hydroxylation is 1. The average molecular weight is 274 g/mol. The number of rotatable bonds is 5. The largest absolute Gasteiger partial charge is 0.497 e. The first-order valence-electron chi connectivity index (χ1n) is 6.64. The summed E-state index contributed by atoms with van der Waals surface area (Å²) in [5, 5.41) is 3.33. The smallest absolute Gasteiger partial charge is 0.132 e. The third-order valence-electron chi connectivity index (χ3n) is 3.30. The van der Waals surface area contributed by atoms with E-state index < -0.39 is 0 Å².